The minimum absolute atomic E-state index is 0.00570. The van der Waals surface area contributed by atoms with Gasteiger partial charge in [-0.15, -0.1) is 10.2 Å². The molecule has 5 rings (SSSR count). The van der Waals surface area contributed by atoms with E-state index in [1.54, 1.807) is 23.5 Å². The van der Waals surface area contributed by atoms with Crippen LogP contribution in [0.2, 0.25) is 5.02 Å². The lowest BCUT2D eigenvalue weighted by Crippen LogP contribution is -2.06. The molecule has 0 aliphatic heterocycles. The van der Waals surface area contributed by atoms with Gasteiger partial charge < -0.3 is 4.57 Å². The average molecular weight is 471 g/mol. The van der Waals surface area contributed by atoms with E-state index in [9.17, 15) is 9.18 Å². The number of aryl methyl sites for hydroxylation is 1. The Morgan fingerprint density at radius 3 is 2.77 bits per heavy atom. The molecule has 0 fully saturated rings. The predicted molar refractivity (Wildman–Crippen MR) is 124 cm³/mol. The van der Waals surface area contributed by atoms with Crippen molar-refractivity contribution >= 4 is 55.7 Å². The third kappa shape index (κ3) is 3.44. The molecule has 3 heterocycles. The van der Waals surface area contributed by atoms with Gasteiger partial charge in [-0.05, 0) is 50.2 Å². The molecule has 0 spiro atoms. The molecule has 0 aliphatic rings. The van der Waals surface area contributed by atoms with Crippen LogP contribution in [0.25, 0.3) is 20.9 Å². The van der Waals surface area contributed by atoms with Gasteiger partial charge in [-0.3, -0.25) is 9.20 Å². The molecule has 5 nitrogen and oxygen atoms in total. The zero-order valence-corrected chi connectivity index (χ0v) is 19.0. The predicted octanol–water partition coefficient (Wildman–Crippen LogP) is 6.12. The Morgan fingerprint density at radius 2 is 1.97 bits per heavy atom. The molecule has 0 saturated heterocycles. The summed E-state index contributed by atoms with van der Waals surface area (Å²) < 4.78 is 18.6. The lowest BCUT2D eigenvalue weighted by Gasteiger charge is -2.10. The van der Waals surface area contributed by atoms with E-state index in [-0.39, 0.29) is 16.6 Å². The second-order valence-electron chi connectivity index (χ2n) is 7.10. The zero-order chi connectivity index (χ0) is 21.7. The Hall–Kier alpha value is -2.68. The summed E-state index contributed by atoms with van der Waals surface area (Å²) in [6.45, 7) is 3.79. The Morgan fingerprint density at radius 1 is 1.16 bits per heavy atom. The maximum Gasteiger partial charge on any atom is 0.217 e. The number of fused-ring (bicyclic) bond motifs is 3. The summed E-state index contributed by atoms with van der Waals surface area (Å²) in [4.78, 5) is 13.8. The molecule has 5 aromatic rings. The first kappa shape index (κ1) is 20.2. The van der Waals surface area contributed by atoms with E-state index >= 15 is 0 Å². The molecule has 0 unspecified atom stereocenters. The van der Waals surface area contributed by atoms with Crippen molar-refractivity contribution in [3.63, 3.8) is 0 Å². The van der Waals surface area contributed by atoms with E-state index in [1.807, 2.05) is 53.1 Å². The molecular weight excluding hydrogens is 455 g/mol. The number of aromatic nitrogens is 4. The zero-order valence-electron chi connectivity index (χ0n) is 16.6. The number of nitrogens with zero attached hydrogens (tertiary/aromatic N) is 4. The molecule has 0 bridgehead atoms. The summed E-state index contributed by atoms with van der Waals surface area (Å²) in [6.07, 6.45) is 0. The van der Waals surface area contributed by atoms with E-state index in [0.29, 0.717) is 10.7 Å². The molecule has 156 valence electrons. The van der Waals surface area contributed by atoms with Gasteiger partial charge in [0.2, 0.25) is 4.96 Å². The number of para-hydroxylation sites is 1. The largest absolute Gasteiger partial charge is 0.318 e. The van der Waals surface area contributed by atoms with Crippen LogP contribution in [0.3, 0.4) is 0 Å². The Balaban J connectivity index is 1.43. The lowest BCUT2D eigenvalue weighted by molar-refractivity contribution is 0.102. The number of rotatable bonds is 5. The first-order valence-corrected chi connectivity index (χ1v) is 11.6. The number of hydrogen-bond donors (Lipinski definition) is 0. The normalized spacial score (nSPS) is 11.6. The van der Waals surface area contributed by atoms with E-state index in [1.165, 1.54) is 17.8 Å². The van der Waals surface area contributed by atoms with Crippen LogP contribution >= 0.6 is 34.7 Å². The lowest BCUT2D eigenvalue weighted by atomic mass is 10.2. The molecule has 3 aromatic heterocycles. The monoisotopic (exact) mass is 470 g/mol. The number of halogens is 2. The fraction of sp³-hybridized carbons (Fsp3) is 0.136. The smallest absolute Gasteiger partial charge is 0.217 e. The highest BCUT2D eigenvalue weighted by molar-refractivity contribution is 7.99. The summed E-state index contributed by atoms with van der Waals surface area (Å²) >= 11 is 8.89. The van der Waals surface area contributed by atoms with E-state index in [0.717, 1.165) is 32.3 Å². The number of carbonyl (C=O) groups is 1. The van der Waals surface area contributed by atoms with Gasteiger partial charge in [0.25, 0.3) is 0 Å². The van der Waals surface area contributed by atoms with Crippen molar-refractivity contribution in [3.8, 4) is 5.69 Å². The molecule has 0 amide bonds. The maximum absolute atomic E-state index is 13.6. The fourth-order valence-electron chi connectivity index (χ4n) is 3.72. The van der Waals surface area contributed by atoms with Gasteiger partial charge >= 0.3 is 0 Å². The Kier molecular flexibility index (Phi) is 5.08. The molecule has 2 aromatic carbocycles. The molecular formula is C22H16ClFN4OS2. The number of ketones is 1. The molecule has 0 saturated carbocycles. The number of hydrogen-bond acceptors (Lipinski definition) is 5. The van der Waals surface area contributed by atoms with Crippen molar-refractivity contribution in [1.29, 1.82) is 0 Å². The minimum Gasteiger partial charge on any atom is -0.318 e. The third-order valence-corrected chi connectivity index (χ3v) is 7.37. The van der Waals surface area contributed by atoms with Crippen LogP contribution < -0.4 is 0 Å². The number of thiazole rings is 1. The second kappa shape index (κ2) is 7.78. The van der Waals surface area contributed by atoms with Crippen LogP contribution in [-0.4, -0.2) is 30.7 Å². The van der Waals surface area contributed by atoms with Crippen LogP contribution in [0.1, 0.15) is 21.7 Å². The first-order chi connectivity index (χ1) is 14.9. The van der Waals surface area contributed by atoms with Crippen LogP contribution in [-0.2, 0) is 0 Å². The molecule has 0 atom stereocenters. The van der Waals surface area contributed by atoms with Crippen LogP contribution in [0.5, 0.6) is 0 Å². The highest BCUT2D eigenvalue weighted by atomic mass is 35.5. The highest BCUT2D eigenvalue weighted by Crippen LogP contribution is 2.30. The standard InChI is InChI=1S/C22H16ClFN4OS2/c1-12-9-15(13(2)27(12)14-7-8-17(24)16(23)10-14)19(29)11-30-21-25-26-22-28(21)18-5-3-4-6-20(18)31-22/h3-10H,11H2,1-2H3. The van der Waals surface area contributed by atoms with Gasteiger partial charge in [-0.2, -0.15) is 0 Å². The van der Waals surface area contributed by atoms with Gasteiger partial charge in [-0.25, -0.2) is 4.39 Å². The molecule has 31 heavy (non-hydrogen) atoms. The molecule has 0 radical (unpaired) electrons. The van der Waals surface area contributed by atoms with Gasteiger partial charge in [-0.1, -0.05) is 46.8 Å². The van der Waals surface area contributed by atoms with Crippen molar-refractivity contribution in [2.75, 3.05) is 5.75 Å². The second-order valence-corrected chi connectivity index (χ2v) is 9.46. The summed E-state index contributed by atoms with van der Waals surface area (Å²) in [5.41, 5.74) is 4.05. The van der Waals surface area contributed by atoms with Gasteiger partial charge in [0.1, 0.15) is 5.82 Å². The van der Waals surface area contributed by atoms with Crippen molar-refractivity contribution in [3.05, 3.63) is 76.3 Å². The van der Waals surface area contributed by atoms with Crippen LogP contribution in [0, 0.1) is 19.7 Å². The van der Waals surface area contributed by atoms with E-state index in [2.05, 4.69) is 10.2 Å². The summed E-state index contributed by atoms with van der Waals surface area (Å²) in [7, 11) is 0. The van der Waals surface area contributed by atoms with Crippen LogP contribution in [0.15, 0.2) is 53.7 Å². The Labute approximate surface area is 190 Å². The average Bonchev–Trinajstić information content (AvgIpc) is 3.40. The van der Waals surface area contributed by atoms with Gasteiger partial charge in [0.15, 0.2) is 10.9 Å². The van der Waals surface area contributed by atoms with Crippen molar-refractivity contribution in [2.24, 2.45) is 0 Å². The van der Waals surface area contributed by atoms with Crippen molar-refractivity contribution in [2.45, 2.75) is 19.0 Å². The number of thioether (sulfide) groups is 1. The summed E-state index contributed by atoms with van der Waals surface area (Å²) in [5, 5.41) is 9.25. The summed E-state index contributed by atoms with van der Waals surface area (Å²) in [5.74, 6) is -0.241. The SMILES string of the molecule is Cc1cc(C(=O)CSc2nnc3sc4ccccc4n23)c(C)n1-c1ccc(F)c(Cl)c1. The summed E-state index contributed by atoms with van der Waals surface area (Å²) in [6, 6.07) is 14.4. The fourth-order valence-corrected chi connectivity index (χ4v) is 5.75. The molecule has 9 heteroatoms. The highest BCUT2D eigenvalue weighted by Gasteiger charge is 2.19. The maximum atomic E-state index is 13.6. The van der Waals surface area contributed by atoms with Crippen molar-refractivity contribution < 1.29 is 9.18 Å². The first-order valence-electron chi connectivity index (χ1n) is 9.47. The van der Waals surface area contributed by atoms with Crippen LogP contribution in [0.4, 0.5) is 4.39 Å². The topological polar surface area (TPSA) is 52.2 Å². The Bertz CT molecular complexity index is 1470. The number of Topliss-reactive ketones (excluding diaryl/α,β-unsaturated/α-hetero) is 1. The van der Waals surface area contributed by atoms with Crippen molar-refractivity contribution in [1.82, 2.24) is 19.2 Å². The number of benzene rings is 2. The van der Waals surface area contributed by atoms with Gasteiger partial charge in [0, 0.05) is 22.6 Å². The number of carbonyl (C=O) groups excluding carboxylic acids is 1. The van der Waals surface area contributed by atoms with E-state index in [4.69, 9.17) is 11.6 Å². The van der Waals surface area contributed by atoms with E-state index < -0.39 is 5.82 Å². The van der Waals surface area contributed by atoms with Gasteiger partial charge in [0.05, 0.1) is 21.0 Å². The minimum atomic E-state index is -0.471. The molecule has 0 aliphatic carbocycles. The third-order valence-electron chi connectivity index (χ3n) is 5.14. The molecule has 0 N–H and O–H groups in total. The quantitative estimate of drug-likeness (QED) is 0.229.